The molecular formula is C26H50N3O+. The first-order chi connectivity index (χ1) is 14.6. The summed E-state index contributed by atoms with van der Waals surface area (Å²) < 4.78 is 0.993. The van der Waals surface area contributed by atoms with Crippen LogP contribution in [0.15, 0.2) is 17.1 Å². The van der Waals surface area contributed by atoms with Crippen molar-refractivity contribution in [1.29, 1.82) is 0 Å². The molecule has 30 heavy (non-hydrogen) atoms. The molecule has 0 aromatic carbocycles. The van der Waals surface area contributed by atoms with Crippen molar-refractivity contribution in [3.63, 3.8) is 0 Å². The van der Waals surface area contributed by atoms with Gasteiger partial charge in [0.2, 0.25) is 5.91 Å². The number of likely N-dealkylation sites (N-methyl/N-ethyl adjacent to an activating group) is 1. The molecule has 2 unspecified atom stereocenters. The maximum Gasteiger partial charge on any atom is 0.217 e. The van der Waals surface area contributed by atoms with Crippen LogP contribution >= 0.6 is 0 Å². The topological polar surface area (TPSA) is 41.5 Å². The molecule has 0 fully saturated rings. The van der Waals surface area contributed by atoms with Gasteiger partial charge in [0.1, 0.15) is 6.54 Å². The van der Waals surface area contributed by atoms with Gasteiger partial charge in [-0.3, -0.25) is 9.28 Å². The van der Waals surface area contributed by atoms with Crippen LogP contribution in [0.3, 0.4) is 0 Å². The predicted octanol–water partition coefficient (Wildman–Crippen LogP) is 6.41. The third-order valence-electron chi connectivity index (χ3n) is 6.65. The second-order valence-corrected chi connectivity index (χ2v) is 9.11. The first kappa shape index (κ1) is 26.9. The molecule has 2 atom stereocenters. The van der Waals surface area contributed by atoms with Crippen molar-refractivity contribution in [1.82, 2.24) is 5.32 Å². The molecule has 1 aliphatic heterocycles. The second kappa shape index (κ2) is 17.5. The summed E-state index contributed by atoms with van der Waals surface area (Å²) in [7, 11) is 0. The van der Waals surface area contributed by atoms with Crippen LogP contribution in [0.25, 0.3) is 0 Å². The Morgan fingerprint density at radius 3 is 2.17 bits per heavy atom. The van der Waals surface area contributed by atoms with Gasteiger partial charge < -0.3 is 5.32 Å². The van der Waals surface area contributed by atoms with E-state index in [0.29, 0.717) is 6.17 Å². The molecule has 1 aliphatic rings. The van der Waals surface area contributed by atoms with Crippen molar-refractivity contribution in [2.24, 2.45) is 4.99 Å². The summed E-state index contributed by atoms with van der Waals surface area (Å²) in [4.78, 5) is 15.9. The van der Waals surface area contributed by atoms with Crippen molar-refractivity contribution in [2.45, 2.75) is 117 Å². The van der Waals surface area contributed by atoms with Crippen LogP contribution in [-0.2, 0) is 4.79 Å². The second-order valence-electron chi connectivity index (χ2n) is 9.11. The van der Waals surface area contributed by atoms with Crippen molar-refractivity contribution in [3.05, 3.63) is 12.2 Å². The van der Waals surface area contributed by atoms with Crippen LogP contribution in [0.5, 0.6) is 0 Å². The highest BCUT2D eigenvalue weighted by atomic mass is 16.1. The van der Waals surface area contributed by atoms with Crippen molar-refractivity contribution in [3.8, 4) is 0 Å². The van der Waals surface area contributed by atoms with E-state index >= 15 is 0 Å². The molecule has 0 bridgehead atoms. The number of hydrogen-bond donors (Lipinski definition) is 1. The zero-order chi connectivity index (χ0) is 21.9. The summed E-state index contributed by atoms with van der Waals surface area (Å²) in [6.07, 6.45) is 26.1. The van der Waals surface area contributed by atoms with Gasteiger partial charge in [-0.1, -0.05) is 83.3 Å². The monoisotopic (exact) mass is 420 g/mol. The summed E-state index contributed by atoms with van der Waals surface area (Å²) in [6, 6.07) is 0. The third-order valence-corrected chi connectivity index (χ3v) is 6.65. The molecule has 0 spiro atoms. The van der Waals surface area contributed by atoms with Crippen LogP contribution in [0, 0.1) is 0 Å². The molecule has 1 N–H and O–H groups in total. The smallest absolute Gasteiger partial charge is 0.217 e. The van der Waals surface area contributed by atoms with E-state index in [9.17, 15) is 4.79 Å². The fourth-order valence-corrected chi connectivity index (χ4v) is 4.54. The van der Waals surface area contributed by atoms with E-state index in [1.54, 1.807) is 6.92 Å². The Hall–Kier alpha value is -1.16. The zero-order valence-corrected chi connectivity index (χ0v) is 20.3. The van der Waals surface area contributed by atoms with Crippen LogP contribution in [0.1, 0.15) is 111 Å². The Balaban J connectivity index is 2.03. The molecule has 0 saturated heterocycles. The molecule has 0 aromatic heterocycles. The average Bonchev–Trinajstić information content (AvgIpc) is 3.13. The maximum atomic E-state index is 11.2. The lowest BCUT2D eigenvalue weighted by Gasteiger charge is -2.38. The molecule has 1 rings (SSSR count). The average molecular weight is 421 g/mol. The Kier molecular flexibility index (Phi) is 15.7. The van der Waals surface area contributed by atoms with Gasteiger partial charge >= 0.3 is 0 Å². The van der Waals surface area contributed by atoms with E-state index in [2.05, 4.69) is 37.5 Å². The number of carbonyl (C=O) groups is 1. The molecule has 4 heteroatoms. The SMILES string of the molecule is CCCCCCCCCCCCC/C=C/CCC1N=CC[N+]1(CC)CCNC(C)=O. The highest BCUT2D eigenvalue weighted by Crippen LogP contribution is 2.23. The third kappa shape index (κ3) is 11.9. The summed E-state index contributed by atoms with van der Waals surface area (Å²) in [6.45, 7) is 9.93. The fraction of sp³-hybridized carbons (Fsp3) is 0.846. The van der Waals surface area contributed by atoms with Gasteiger partial charge in [0, 0.05) is 13.3 Å². The van der Waals surface area contributed by atoms with E-state index in [4.69, 9.17) is 4.99 Å². The zero-order valence-electron chi connectivity index (χ0n) is 20.3. The summed E-state index contributed by atoms with van der Waals surface area (Å²) in [5, 5.41) is 2.95. The molecule has 0 saturated carbocycles. The number of quaternary nitrogens is 1. The normalized spacial score (nSPS) is 21.0. The van der Waals surface area contributed by atoms with Crippen LogP contribution in [0.4, 0.5) is 0 Å². The van der Waals surface area contributed by atoms with E-state index < -0.39 is 0 Å². The van der Waals surface area contributed by atoms with Crippen LogP contribution in [-0.4, -0.2) is 48.9 Å². The Labute approximate surface area is 187 Å². The van der Waals surface area contributed by atoms with E-state index in [1.165, 1.54) is 77.0 Å². The minimum absolute atomic E-state index is 0.0614. The number of hydrogen-bond acceptors (Lipinski definition) is 2. The quantitative estimate of drug-likeness (QED) is 0.146. The molecule has 1 amide bonds. The van der Waals surface area contributed by atoms with Crippen LogP contribution < -0.4 is 5.32 Å². The molecule has 4 nitrogen and oxygen atoms in total. The molecular weight excluding hydrogens is 370 g/mol. The summed E-state index contributed by atoms with van der Waals surface area (Å²) >= 11 is 0. The number of unbranched alkanes of at least 4 members (excludes halogenated alkanes) is 11. The lowest BCUT2D eigenvalue weighted by Crippen LogP contribution is -2.55. The van der Waals surface area contributed by atoms with Gasteiger partial charge in [0.25, 0.3) is 0 Å². The van der Waals surface area contributed by atoms with Gasteiger partial charge in [-0.2, -0.15) is 0 Å². The minimum atomic E-state index is 0.0614. The Morgan fingerprint density at radius 2 is 1.57 bits per heavy atom. The van der Waals surface area contributed by atoms with Gasteiger partial charge in [0.15, 0.2) is 6.17 Å². The fourth-order valence-electron chi connectivity index (χ4n) is 4.54. The number of nitrogens with one attached hydrogen (secondary N) is 1. The van der Waals surface area contributed by atoms with Gasteiger partial charge in [-0.25, -0.2) is 4.99 Å². The molecule has 0 aromatic rings. The highest BCUT2D eigenvalue weighted by molar-refractivity contribution is 5.72. The standard InChI is InChI=1S/C26H49N3O/c1-4-6-7-8-9-10-11-12-13-14-15-16-17-18-19-20-26-28-22-24-29(26,5-2)23-21-27-25(3)30/h17-18,22,26H,4-16,19-21,23-24H2,1-3H3/p+1/b18-17+. The number of nitrogens with zero attached hydrogens (tertiary/aromatic N) is 2. The molecule has 174 valence electrons. The lowest BCUT2D eigenvalue weighted by atomic mass is 10.1. The largest absolute Gasteiger partial charge is 0.351 e. The Morgan fingerprint density at radius 1 is 0.967 bits per heavy atom. The van der Waals surface area contributed by atoms with Crippen molar-refractivity contribution < 1.29 is 9.28 Å². The van der Waals surface area contributed by atoms with E-state index in [0.717, 1.165) is 43.5 Å². The number of rotatable bonds is 19. The van der Waals surface area contributed by atoms with E-state index in [-0.39, 0.29) is 5.91 Å². The lowest BCUT2D eigenvalue weighted by molar-refractivity contribution is -0.935. The predicted molar refractivity (Wildman–Crippen MR) is 131 cm³/mol. The van der Waals surface area contributed by atoms with Crippen LogP contribution in [0.2, 0.25) is 0 Å². The molecule has 0 aliphatic carbocycles. The van der Waals surface area contributed by atoms with Gasteiger partial charge in [-0.05, 0) is 26.2 Å². The minimum Gasteiger partial charge on any atom is -0.351 e. The van der Waals surface area contributed by atoms with Crippen molar-refractivity contribution >= 4 is 12.1 Å². The molecule has 1 heterocycles. The number of amides is 1. The maximum absolute atomic E-state index is 11.2. The number of aliphatic imine (C=N–C) groups is 1. The number of carbonyl (C=O) groups excluding carboxylic acids is 1. The van der Waals surface area contributed by atoms with E-state index in [1.807, 2.05) is 0 Å². The first-order valence-corrected chi connectivity index (χ1v) is 12.9. The summed E-state index contributed by atoms with van der Waals surface area (Å²) in [5.74, 6) is 0.0614. The number of allylic oxidation sites excluding steroid dienone is 2. The highest BCUT2D eigenvalue weighted by Gasteiger charge is 2.37. The van der Waals surface area contributed by atoms with Gasteiger partial charge in [0.05, 0.1) is 25.8 Å². The molecule has 0 radical (unpaired) electrons. The first-order valence-electron chi connectivity index (χ1n) is 12.9. The Bertz CT molecular complexity index is 489. The summed E-state index contributed by atoms with van der Waals surface area (Å²) in [5.41, 5.74) is 0. The van der Waals surface area contributed by atoms with Crippen molar-refractivity contribution in [2.75, 3.05) is 26.2 Å². The van der Waals surface area contributed by atoms with Gasteiger partial charge in [-0.15, -0.1) is 0 Å².